The van der Waals surface area contributed by atoms with Gasteiger partial charge in [0, 0.05) is 16.1 Å². The first-order valence-corrected chi connectivity index (χ1v) is 8.59. The molecule has 0 saturated heterocycles. The van der Waals surface area contributed by atoms with E-state index in [0.717, 1.165) is 5.56 Å². The summed E-state index contributed by atoms with van der Waals surface area (Å²) in [5, 5.41) is 4.16. The molecule has 6 nitrogen and oxygen atoms in total. The summed E-state index contributed by atoms with van der Waals surface area (Å²) in [6, 6.07) is 10.6. The minimum Gasteiger partial charge on any atom is -0.497 e. The number of ether oxygens (including phenoxy) is 3. The van der Waals surface area contributed by atoms with E-state index in [9.17, 15) is 0 Å². The van der Waals surface area contributed by atoms with E-state index >= 15 is 0 Å². The zero-order valence-corrected chi connectivity index (χ0v) is 18.8. The highest BCUT2D eigenvalue weighted by atomic mass is 127. The van der Waals surface area contributed by atoms with E-state index in [1.165, 1.54) is 0 Å². The average Bonchev–Trinajstić information content (AvgIpc) is 2.63. The van der Waals surface area contributed by atoms with Crippen LogP contribution < -0.4 is 20.5 Å². The highest BCUT2D eigenvalue weighted by Crippen LogP contribution is 2.28. The molecule has 3 N–H and O–H groups in total. The second-order valence-electron chi connectivity index (χ2n) is 5.25. The van der Waals surface area contributed by atoms with Gasteiger partial charge in [-0.1, -0.05) is 29.3 Å². The molecular weight excluding hydrogens is 504 g/mol. The lowest BCUT2D eigenvalue weighted by Crippen LogP contribution is -2.23. The van der Waals surface area contributed by atoms with Crippen LogP contribution in [-0.2, 0) is 11.3 Å². The normalized spacial score (nSPS) is 10.9. The number of anilines is 1. The zero-order valence-electron chi connectivity index (χ0n) is 15.0. The predicted molar refractivity (Wildman–Crippen MR) is 121 cm³/mol. The molecule has 0 fully saturated rings. The minimum absolute atomic E-state index is 0. The number of rotatable bonds is 8. The number of guanidine groups is 1. The Kier molecular flexibility index (Phi) is 10.6. The second kappa shape index (κ2) is 12.1. The predicted octanol–water partition coefficient (Wildman–Crippen LogP) is 4.57. The summed E-state index contributed by atoms with van der Waals surface area (Å²) in [5.41, 5.74) is 7.44. The lowest BCUT2D eigenvalue weighted by molar-refractivity contribution is 0.128. The molecule has 0 aliphatic carbocycles. The molecule has 0 aliphatic heterocycles. The van der Waals surface area contributed by atoms with E-state index in [1.807, 2.05) is 6.07 Å². The molecule has 0 bridgehead atoms. The third-order valence-electron chi connectivity index (χ3n) is 3.46. The Bertz CT molecular complexity index is 776. The fourth-order valence-electron chi connectivity index (χ4n) is 2.14. The summed E-state index contributed by atoms with van der Waals surface area (Å²) >= 11 is 12.0. The monoisotopic (exact) mass is 525 g/mol. The molecule has 0 unspecified atom stereocenters. The number of methoxy groups -OCH3 is 2. The fraction of sp³-hybridized carbons (Fsp3) is 0.278. The first kappa shape index (κ1) is 23.6. The molecule has 0 amide bonds. The lowest BCUT2D eigenvalue weighted by Gasteiger charge is -2.12. The van der Waals surface area contributed by atoms with Crippen molar-refractivity contribution in [1.82, 2.24) is 0 Å². The molecule has 0 aromatic heterocycles. The second-order valence-corrected chi connectivity index (χ2v) is 6.09. The summed E-state index contributed by atoms with van der Waals surface area (Å²) < 4.78 is 16.0. The Morgan fingerprint density at radius 3 is 2.56 bits per heavy atom. The molecule has 0 atom stereocenters. The first-order chi connectivity index (χ1) is 12.5. The van der Waals surface area contributed by atoms with Gasteiger partial charge in [-0.05, 0) is 29.8 Å². The topological polar surface area (TPSA) is 78.1 Å². The summed E-state index contributed by atoms with van der Waals surface area (Å²) in [4.78, 5) is 4.23. The van der Waals surface area contributed by atoms with Crippen LogP contribution in [0.2, 0.25) is 10.0 Å². The maximum absolute atomic E-state index is 6.09. The molecule has 0 heterocycles. The van der Waals surface area contributed by atoms with Crippen molar-refractivity contribution in [3.8, 4) is 11.5 Å². The Balaban J connectivity index is 0.00000364. The molecule has 0 spiro atoms. The molecule has 2 rings (SSSR count). The van der Waals surface area contributed by atoms with E-state index in [1.54, 1.807) is 44.6 Å². The number of benzene rings is 2. The molecule has 0 saturated carbocycles. The van der Waals surface area contributed by atoms with E-state index in [4.69, 9.17) is 43.1 Å². The van der Waals surface area contributed by atoms with Crippen molar-refractivity contribution in [2.24, 2.45) is 10.7 Å². The quantitative estimate of drug-likeness (QED) is 0.228. The summed E-state index contributed by atoms with van der Waals surface area (Å²) in [7, 11) is 3.17. The number of hydrogen-bond acceptors (Lipinski definition) is 4. The SMILES string of the molecule is COc1ccc(OC)c(NC(N)=NCCOCc2ccc(Cl)cc2Cl)c1.I. The molecule has 27 heavy (non-hydrogen) atoms. The summed E-state index contributed by atoms with van der Waals surface area (Å²) in [5.74, 6) is 1.58. The van der Waals surface area contributed by atoms with Gasteiger partial charge < -0.3 is 25.3 Å². The Labute approximate surface area is 186 Å². The number of nitrogens with one attached hydrogen (secondary N) is 1. The number of hydrogen-bond donors (Lipinski definition) is 2. The summed E-state index contributed by atoms with van der Waals surface area (Å²) in [6.07, 6.45) is 0. The number of nitrogens with zero attached hydrogens (tertiary/aromatic N) is 1. The number of aliphatic imine (C=N–C) groups is 1. The van der Waals surface area contributed by atoms with E-state index in [0.29, 0.717) is 47.0 Å². The van der Waals surface area contributed by atoms with Crippen molar-refractivity contribution in [1.29, 1.82) is 0 Å². The van der Waals surface area contributed by atoms with Gasteiger partial charge in [-0.25, -0.2) is 0 Å². The van der Waals surface area contributed by atoms with Crippen molar-refractivity contribution in [2.45, 2.75) is 6.61 Å². The third kappa shape index (κ3) is 7.61. The fourth-order valence-corrected chi connectivity index (χ4v) is 2.60. The van der Waals surface area contributed by atoms with Gasteiger partial charge in [0.2, 0.25) is 0 Å². The highest BCUT2D eigenvalue weighted by Gasteiger charge is 2.06. The Morgan fingerprint density at radius 2 is 1.89 bits per heavy atom. The summed E-state index contributed by atoms with van der Waals surface area (Å²) in [6.45, 7) is 1.18. The Morgan fingerprint density at radius 1 is 1.11 bits per heavy atom. The van der Waals surface area contributed by atoms with Crippen molar-refractivity contribution in [3.05, 3.63) is 52.0 Å². The maximum atomic E-state index is 6.09. The molecule has 9 heteroatoms. The van der Waals surface area contributed by atoms with Crippen LogP contribution in [0, 0.1) is 0 Å². The molecule has 0 radical (unpaired) electrons. The van der Waals surface area contributed by atoms with E-state index < -0.39 is 0 Å². The van der Waals surface area contributed by atoms with Crippen molar-refractivity contribution >= 4 is 58.8 Å². The standard InChI is InChI=1S/C18H21Cl2N3O3.HI/c1-24-14-5-6-17(25-2)16(10-14)23-18(21)22-7-8-26-11-12-3-4-13(19)9-15(12)20;/h3-6,9-10H,7-8,11H2,1-2H3,(H3,21,22,23);1H. The van der Waals surface area contributed by atoms with Gasteiger partial charge >= 0.3 is 0 Å². The van der Waals surface area contributed by atoms with Crippen molar-refractivity contribution in [2.75, 3.05) is 32.7 Å². The molecule has 2 aromatic carbocycles. The van der Waals surface area contributed by atoms with Crippen LogP contribution in [0.5, 0.6) is 11.5 Å². The van der Waals surface area contributed by atoms with Crippen LogP contribution in [0.1, 0.15) is 5.56 Å². The largest absolute Gasteiger partial charge is 0.497 e. The molecular formula is C18H22Cl2IN3O3. The number of halogens is 3. The lowest BCUT2D eigenvalue weighted by atomic mass is 10.2. The smallest absolute Gasteiger partial charge is 0.193 e. The van der Waals surface area contributed by atoms with Gasteiger partial charge in [-0.3, -0.25) is 4.99 Å². The van der Waals surface area contributed by atoms with E-state index in [-0.39, 0.29) is 29.9 Å². The van der Waals surface area contributed by atoms with Crippen LogP contribution in [0.25, 0.3) is 0 Å². The van der Waals surface area contributed by atoms with Gasteiger partial charge in [-0.2, -0.15) is 0 Å². The highest BCUT2D eigenvalue weighted by molar-refractivity contribution is 14.0. The van der Waals surface area contributed by atoms with Crippen LogP contribution in [0.15, 0.2) is 41.4 Å². The van der Waals surface area contributed by atoms with Crippen LogP contribution in [0.4, 0.5) is 5.69 Å². The van der Waals surface area contributed by atoms with Crippen LogP contribution in [0.3, 0.4) is 0 Å². The molecule has 0 aliphatic rings. The van der Waals surface area contributed by atoms with Gasteiger partial charge in [0.15, 0.2) is 5.96 Å². The minimum atomic E-state index is 0. The number of nitrogens with two attached hydrogens (primary N) is 1. The van der Waals surface area contributed by atoms with Gasteiger partial charge in [-0.15, -0.1) is 24.0 Å². The van der Waals surface area contributed by atoms with Crippen LogP contribution >= 0.6 is 47.2 Å². The van der Waals surface area contributed by atoms with Gasteiger partial charge in [0.25, 0.3) is 0 Å². The average molecular weight is 526 g/mol. The third-order valence-corrected chi connectivity index (χ3v) is 4.05. The van der Waals surface area contributed by atoms with Crippen molar-refractivity contribution < 1.29 is 14.2 Å². The zero-order chi connectivity index (χ0) is 18.9. The maximum Gasteiger partial charge on any atom is 0.193 e. The van der Waals surface area contributed by atoms with E-state index in [2.05, 4.69) is 10.3 Å². The van der Waals surface area contributed by atoms with Crippen LogP contribution in [-0.4, -0.2) is 33.3 Å². The van der Waals surface area contributed by atoms with Crippen molar-refractivity contribution in [3.63, 3.8) is 0 Å². The van der Waals surface area contributed by atoms with Gasteiger partial charge in [0.05, 0.1) is 39.7 Å². The van der Waals surface area contributed by atoms with Gasteiger partial charge in [0.1, 0.15) is 11.5 Å². The molecule has 2 aromatic rings. The first-order valence-electron chi connectivity index (χ1n) is 7.84. The Hall–Kier alpha value is -1.42. The molecule has 148 valence electrons.